The Morgan fingerprint density at radius 3 is 2.58 bits per heavy atom. The molecule has 100 valence electrons. The first-order valence-corrected chi connectivity index (χ1v) is 5.81. The minimum atomic E-state index is -0.425. The van der Waals surface area contributed by atoms with Crippen LogP contribution >= 0.6 is 0 Å². The van der Waals surface area contributed by atoms with Gasteiger partial charge in [0, 0.05) is 0 Å². The Kier molecular flexibility index (Phi) is 4.02. The van der Waals surface area contributed by atoms with Crippen LogP contribution in [0.1, 0.15) is 29.3 Å². The number of carbonyl (C=O) groups excluding carboxylic acids is 2. The third-order valence-electron chi connectivity index (χ3n) is 2.50. The van der Waals surface area contributed by atoms with E-state index < -0.39 is 5.91 Å². The molecule has 2 heterocycles. The van der Waals surface area contributed by atoms with E-state index in [1.807, 2.05) is 0 Å². The van der Waals surface area contributed by atoms with Gasteiger partial charge < -0.3 is 19.5 Å². The number of hydrogen-bond donors (Lipinski definition) is 2. The first-order chi connectivity index (χ1) is 9.16. The zero-order valence-electron chi connectivity index (χ0n) is 10.4. The van der Waals surface area contributed by atoms with E-state index in [-0.39, 0.29) is 24.3 Å². The SMILES string of the molecule is C[C@@H](NC(=O)CNC(=O)c1ccco1)c1ccco1. The van der Waals surface area contributed by atoms with Crippen LogP contribution in [0, 0.1) is 0 Å². The van der Waals surface area contributed by atoms with E-state index in [4.69, 9.17) is 8.83 Å². The van der Waals surface area contributed by atoms with E-state index in [1.165, 1.54) is 18.6 Å². The predicted octanol–water partition coefficient (Wildman–Crippen LogP) is 1.48. The van der Waals surface area contributed by atoms with E-state index in [9.17, 15) is 9.59 Å². The van der Waals surface area contributed by atoms with E-state index in [0.29, 0.717) is 5.76 Å². The lowest BCUT2D eigenvalue weighted by Crippen LogP contribution is -2.37. The molecule has 2 aromatic heterocycles. The van der Waals surface area contributed by atoms with Gasteiger partial charge in [0.05, 0.1) is 25.1 Å². The number of nitrogens with one attached hydrogen (secondary N) is 2. The Morgan fingerprint density at radius 2 is 1.95 bits per heavy atom. The Balaban J connectivity index is 1.77. The van der Waals surface area contributed by atoms with Crippen LogP contribution in [0.25, 0.3) is 0 Å². The smallest absolute Gasteiger partial charge is 0.287 e. The second kappa shape index (κ2) is 5.90. The first-order valence-electron chi connectivity index (χ1n) is 5.81. The maximum absolute atomic E-state index is 11.6. The van der Waals surface area contributed by atoms with Crippen molar-refractivity contribution in [2.75, 3.05) is 6.54 Å². The van der Waals surface area contributed by atoms with Crippen molar-refractivity contribution in [3.8, 4) is 0 Å². The maximum Gasteiger partial charge on any atom is 0.287 e. The molecule has 2 amide bonds. The van der Waals surface area contributed by atoms with Gasteiger partial charge in [-0.1, -0.05) is 0 Å². The number of rotatable bonds is 5. The molecule has 19 heavy (non-hydrogen) atoms. The van der Waals surface area contributed by atoms with Crippen LogP contribution in [0.15, 0.2) is 45.6 Å². The van der Waals surface area contributed by atoms with Gasteiger partial charge >= 0.3 is 0 Å². The predicted molar refractivity (Wildman–Crippen MR) is 66.3 cm³/mol. The van der Waals surface area contributed by atoms with Crippen molar-refractivity contribution in [3.63, 3.8) is 0 Å². The van der Waals surface area contributed by atoms with Crippen LogP contribution in [0.4, 0.5) is 0 Å². The molecular weight excluding hydrogens is 248 g/mol. The summed E-state index contributed by atoms with van der Waals surface area (Å²) in [5.41, 5.74) is 0. The Hall–Kier alpha value is -2.50. The van der Waals surface area contributed by atoms with Crippen LogP contribution in [0.2, 0.25) is 0 Å². The average Bonchev–Trinajstić information content (AvgIpc) is 3.07. The highest BCUT2D eigenvalue weighted by Gasteiger charge is 2.13. The molecule has 1 atom stereocenters. The van der Waals surface area contributed by atoms with Crippen LogP contribution in [-0.4, -0.2) is 18.4 Å². The van der Waals surface area contributed by atoms with Crippen molar-refractivity contribution in [3.05, 3.63) is 48.3 Å². The van der Waals surface area contributed by atoms with Crippen molar-refractivity contribution < 1.29 is 18.4 Å². The largest absolute Gasteiger partial charge is 0.467 e. The molecule has 0 saturated heterocycles. The maximum atomic E-state index is 11.6. The van der Waals surface area contributed by atoms with E-state index >= 15 is 0 Å². The topological polar surface area (TPSA) is 84.5 Å². The molecule has 0 saturated carbocycles. The normalized spacial score (nSPS) is 11.8. The summed E-state index contributed by atoms with van der Waals surface area (Å²) >= 11 is 0. The number of amides is 2. The molecule has 2 rings (SSSR count). The summed E-state index contributed by atoms with van der Waals surface area (Å²) in [4.78, 5) is 23.1. The molecule has 0 aliphatic rings. The molecule has 0 bridgehead atoms. The van der Waals surface area contributed by atoms with Gasteiger partial charge in [0.2, 0.25) is 5.91 Å². The Bertz CT molecular complexity index is 531. The summed E-state index contributed by atoms with van der Waals surface area (Å²) in [6, 6.07) is 6.40. The van der Waals surface area contributed by atoms with Gasteiger partial charge in [-0.15, -0.1) is 0 Å². The van der Waals surface area contributed by atoms with E-state index in [1.54, 1.807) is 25.1 Å². The minimum absolute atomic E-state index is 0.120. The second-order valence-electron chi connectivity index (χ2n) is 3.96. The molecular formula is C13H14N2O4. The fourth-order valence-electron chi connectivity index (χ4n) is 1.56. The van der Waals surface area contributed by atoms with Crippen molar-refractivity contribution in [2.24, 2.45) is 0 Å². The van der Waals surface area contributed by atoms with Crippen molar-refractivity contribution in [1.29, 1.82) is 0 Å². The molecule has 2 N–H and O–H groups in total. The van der Waals surface area contributed by atoms with Crippen molar-refractivity contribution in [1.82, 2.24) is 10.6 Å². The number of carbonyl (C=O) groups is 2. The quantitative estimate of drug-likeness (QED) is 0.854. The summed E-state index contributed by atoms with van der Waals surface area (Å²) < 4.78 is 10.1. The number of furan rings is 2. The molecule has 0 radical (unpaired) electrons. The fourth-order valence-corrected chi connectivity index (χ4v) is 1.56. The first kappa shape index (κ1) is 12.9. The van der Waals surface area contributed by atoms with Crippen molar-refractivity contribution >= 4 is 11.8 Å². The fraction of sp³-hybridized carbons (Fsp3) is 0.231. The zero-order valence-corrected chi connectivity index (χ0v) is 10.4. The third kappa shape index (κ3) is 3.48. The minimum Gasteiger partial charge on any atom is -0.467 e. The summed E-state index contributed by atoms with van der Waals surface area (Å²) in [5, 5.41) is 5.17. The summed E-state index contributed by atoms with van der Waals surface area (Å²) in [6.07, 6.45) is 2.94. The highest BCUT2D eigenvalue weighted by Crippen LogP contribution is 2.11. The van der Waals surface area contributed by atoms with Gasteiger partial charge in [0.15, 0.2) is 5.76 Å². The summed E-state index contributed by atoms with van der Waals surface area (Å²) in [6.45, 7) is 1.68. The monoisotopic (exact) mass is 262 g/mol. The Morgan fingerprint density at radius 1 is 1.21 bits per heavy atom. The molecule has 0 aliphatic carbocycles. The average molecular weight is 262 g/mol. The molecule has 6 nitrogen and oxygen atoms in total. The standard InChI is InChI=1S/C13H14N2O4/c1-9(10-4-2-6-18-10)15-12(16)8-14-13(17)11-5-3-7-19-11/h2-7,9H,8H2,1H3,(H,14,17)(H,15,16)/t9-/m1/s1. The van der Waals surface area contributed by atoms with E-state index in [2.05, 4.69) is 10.6 Å². The lowest BCUT2D eigenvalue weighted by atomic mass is 10.2. The third-order valence-corrected chi connectivity index (χ3v) is 2.50. The van der Waals surface area contributed by atoms with Crippen LogP contribution in [-0.2, 0) is 4.79 Å². The van der Waals surface area contributed by atoms with Crippen molar-refractivity contribution in [2.45, 2.75) is 13.0 Å². The highest BCUT2D eigenvalue weighted by molar-refractivity contribution is 5.94. The number of hydrogen-bond acceptors (Lipinski definition) is 4. The van der Waals surface area contributed by atoms with Gasteiger partial charge in [-0.25, -0.2) is 0 Å². The van der Waals surface area contributed by atoms with E-state index in [0.717, 1.165) is 0 Å². The summed E-state index contributed by atoms with van der Waals surface area (Å²) in [7, 11) is 0. The molecule has 0 spiro atoms. The molecule has 2 aromatic rings. The van der Waals surface area contributed by atoms with Gasteiger partial charge in [-0.05, 0) is 31.2 Å². The molecule has 0 unspecified atom stereocenters. The highest BCUT2D eigenvalue weighted by atomic mass is 16.3. The lowest BCUT2D eigenvalue weighted by Gasteiger charge is -2.11. The van der Waals surface area contributed by atoms with Crippen LogP contribution < -0.4 is 10.6 Å². The van der Waals surface area contributed by atoms with Gasteiger partial charge in [0.1, 0.15) is 5.76 Å². The molecule has 0 fully saturated rings. The molecule has 0 aliphatic heterocycles. The Labute approximate surface area is 109 Å². The molecule has 6 heteroatoms. The second-order valence-corrected chi connectivity index (χ2v) is 3.96. The van der Waals surface area contributed by atoms with Gasteiger partial charge in [-0.2, -0.15) is 0 Å². The summed E-state index contributed by atoms with van der Waals surface area (Å²) in [5.74, 6) is 0.104. The van der Waals surface area contributed by atoms with Gasteiger partial charge in [-0.3, -0.25) is 9.59 Å². The van der Waals surface area contributed by atoms with Crippen LogP contribution in [0.5, 0.6) is 0 Å². The zero-order chi connectivity index (χ0) is 13.7. The van der Waals surface area contributed by atoms with Gasteiger partial charge in [0.25, 0.3) is 5.91 Å². The molecule has 0 aromatic carbocycles. The van der Waals surface area contributed by atoms with Crippen LogP contribution in [0.3, 0.4) is 0 Å². The lowest BCUT2D eigenvalue weighted by molar-refractivity contribution is -0.120.